The number of hydrogen-bond acceptors (Lipinski definition) is 5. The minimum atomic E-state index is -0.467. The Hall–Kier alpha value is -0.910. The maximum Gasteiger partial charge on any atom is 0.306 e. The van der Waals surface area contributed by atoms with E-state index < -0.39 is 12.2 Å². The molecule has 1 rings (SSSR count). The highest BCUT2D eigenvalue weighted by atomic mass is 16.5. The van der Waals surface area contributed by atoms with E-state index in [-0.39, 0.29) is 30.0 Å². The fourth-order valence-corrected chi connectivity index (χ4v) is 4.82. The van der Waals surface area contributed by atoms with Crippen molar-refractivity contribution in [2.24, 2.45) is 11.8 Å². The van der Waals surface area contributed by atoms with Crippen molar-refractivity contribution < 1.29 is 24.9 Å². The molecule has 1 aliphatic rings. The monoisotopic (exact) mass is 454 g/mol. The number of ether oxygens (including phenoxy) is 1. The number of hydrogen-bond donors (Lipinski definition) is 3. The number of allylic oxidation sites excluding steroid dienone is 2. The average Bonchev–Trinajstić information content (AvgIpc) is 3.00. The van der Waals surface area contributed by atoms with E-state index in [1.54, 1.807) is 0 Å². The maximum atomic E-state index is 11.5. The summed E-state index contributed by atoms with van der Waals surface area (Å²) in [6.45, 7) is 5.94. The first-order valence-electron chi connectivity index (χ1n) is 13.2. The largest absolute Gasteiger partial charge is 0.463 e. The van der Waals surface area contributed by atoms with Crippen LogP contribution in [0.25, 0.3) is 0 Å². The first kappa shape index (κ1) is 29.1. The zero-order valence-electron chi connectivity index (χ0n) is 20.9. The first-order chi connectivity index (χ1) is 15.3. The molecule has 188 valence electrons. The van der Waals surface area contributed by atoms with Crippen molar-refractivity contribution in [2.45, 2.75) is 141 Å². The maximum absolute atomic E-state index is 11.5. The van der Waals surface area contributed by atoms with Crippen LogP contribution >= 0.6 is 0 Å². The highest BCUT2D eigenvalue weighted by Crippen LogP contribution is 2.38. The van der Waals surface area contributed by atoms with Crippen molar-refractivity contribution in [2.75, 3.05) is 0 Å². The Bertz CT molecular complexity index is 504. The van der Waals surface area contributed by atoms with Gasteiger partial charge in [-0.05, 0) is 77.0 Å². The third kappa shape index (κ3) is 13.0. The van der Waals surface area contributed by atoms with Crippen molar-refractivity contribution >= 4 is 5.97 Å². The minimum Gasteiger partial charge on any atom is -0.463 e. The Morgan fingerprint density at radius 1 is 0.938 bits per heavy atom. The molecule has 0 heterocycles. The summed E-state index contributed by atoms with van der Waals surface area (Å²) in [5.41, 5.74) is 0. The van der Waals surface area contributed by atoms with Crippen LogP contribution in [0.5, 0.6) is 0 Å². The molecule has 3 N–H and O–H groups in total. The second-order valence-electron chi connectivity index (χ2n) is 9.98. The molecule has 1 saturated carbocycles. The van der Waals surface area contributed by atoms with Crippen LogP contribution in [0, 0.1) is 11.8 Å². The molecule has 0 aromatic heterocycles. The van der Waals surface area contributed by atoms with Gasteiger partial charge in [0.15, 0.2) is 0 Å². The number of esters is 1. The summed E-state index contributed by atoms with van der Waals surface area (Å²) in [5.74, 6) is 0.0251. The highest BCUT2D eigenvalue weighted by molar-refractivity contribution is 5.69. The van der Waals surface area contributed by atoms with Gasteiger partial charge in [-0.25, -0.2) is 0 Å². The van der Waals surface area contributed by atoms with Crippen LogP contribution in [0.15, 0.2) is 12.2 Å². The Morgan fingerprint density at radius 2 is 1.62 bits per heavy atom. The van der Waals surface area contributed by atoms with Crippen molar-refractivity contribution in [3.05, 3.63) is 12.2 Å². The standard InChI is InChI=1S/C27H50O5/c1-4-5-6-9-12-15-22(28)18-19-24-23(25(29)20-26(24)30)16-13-10-7-8-11-14-17-27(31)32-21(2)3/h10,13,21-26,28-30H,4-9,11-12,14-20H2,1-3H3/b13-10-/t22?,23?,24-,25?,26?/m1/s1. The molecule has 1 fully saturated rings. The minimum absolute atomic E-state index is 0.0440. The first-order valence-corrected chi connectivity index (χ1v) is 13.2. The van der Waals surface area contributed by atoms with Crippen LogP contribution in [0.3, 0.4) is 0 Å². The summed E-state index contributed by atoms with van der Waals surface area (Å²) in [6.07, 6.45) is 16.9. The number of aliphatic hydroxyl groups excluding tert-OH is 3. The van der Waals surface area contributed by atoms with Crippen LogP contribution in [0.1, 0.15) is 117 Å². The average molecular weight is 455 g/mol. The van der Waals surface area contributed by atoms with Crippen molar-refractivity contribution in [3.63, 3.8) is 0 Å². The third-order valence-electron chi connectivity index (χ3n) is 6.69. The van der Waals surface area contributed by atoms with Crippen molar-refractivity contribution in [3.8, 4) is 0 Å². The van der Waals surface area contributed by atoms with Crippen molar-refractivity contribution in [1.82, 2.24) is 0 Å². The second kappa shape index (κ2) is 17.6. The molecule has 5 heteroatoms. The molecule has 0 aliphatic heterocycles. The lowest BCUT2D eigenvalue weighted by Crippen LogP contribution is -2.23. The molecule has 0 radical (unpaired) electrons. The Labute approximate surface area is 196 Å². The van der Waals surface area contributed by atoms with E-state index in [1.807, 2.05) is 13.8 Å². The van der Waals surface area contributed by atoms with Crippen LogP contribution in [0.4, 0.5) is 0 Å². The van der Waals surface area contributed by atoms with E-state index in [2.05, 4.69) is 19.1 Å². The van der Waals surface area contributed by atoms with E-state index in [0.717, 1.165) is 51.4 Å². The van der Waals surface area contributed by atoms with Gasteiger partial charge in [-0.3, -0.25) is 4.79 Å². The smallest absolute Gasteiger partial charge is 0.306 e. The zero-order chi connectivity index (χ0) is 23.8. The lowest BCUT2D eigenvalue weighted by atomic mass is 9.85. The molecule has 5 atom stereocenters. The zero-order valence-corrected chi connectivity index (χ0v) is 20.9. The number of carbonyl (C=O) groups is 1. The molecule has 1 aliphatic carbocycles. The Kier molecular flexibility index (Phi) is 16.0. The van der Waals surface area contributed by atoms with E-state index in [4.69, 9.17) is 4.74 Å². The predicted octanol–water partition coefficient (Wildman–Crippen LogP) is 5.69. The summed E-state index contributed by atoms with van der Waals surface area (Å²) in [5, 5.41) is 31.1. The fraction of sp³-hybridized carbons (Fsp3) is 0.889. The topological polar surface area (TPSA) is 87.0 Å². The van der Waals surface area contributed by atoms with Gasteiger partial charge < -0.3 is 20.1 Å². The molecule has 0 amide bonds. The molecule has 4 unspecified atom stereocenters. The number of aliphatic hydroxyl groups is 3. The molecule has 0 spiro atoms. The molecule has 0 aromatic carbocycles. The van der Waals surface area contributed by atoms with Gasteiger partial charge >= 0.3 is 5.97 Å². The number of rotatable bonds is 18. The lowest BCUT2D eigenvalue weighted by Gasteiger charge is -2.23. The lowest BCUT2D eigenvalue weighted by molar-refractivity contribution is -0.147. The van der Waals surface area contributed by atoms with Crippen molar-refractivity contribution in [1.29, 1.82) is 0 Å². The van der Waals surface area contributed by atoms with Crippen LogP contribution in [-0.4, -0.2) is 45.7 Å². The third-order valence-corrected chi connectivity index (χ3v) is 6.69. The van der Waals surface area contributed by atoms with Gasteiger partial charge in [0.25, 0.3) is 0 Å². The fourth-order valence-electron chi connectivity index (χ4n) is 4.82. The van der Waals surface area contributed by atoms with Gasteiger partial charge in [0.05, 0.1) is 24.4 Å². The summed E-state index contributed by atoms with van der Waals surface area (Å²) in [7, 11) is 0. The molecule has 5 nitrogen and oxygen atoms in total. The van der Waals surface area contributed by atoms with Crippen LogP contribution in [0.2, 0.25) is 0 Å². The van der Waals surface area contributed by atoms with Gasteiger partial charge in [-0.1, -0.05) is 57.6 Å². The van der Waals surface area contributed by atoms with Crippen LogP contribution in [-0.2, 0) is 9.53 Å². The molecular formula is C27H50O5. The quantitative estimate of drug-likeness (QED) is 0.141. The number of unbranched alkanes of at least 4 members (excludes halogenated alkanes) is 7. The van der Waals surface area contributed by atoms with Gasteiger partial charge in [0.1, 0.15) is 0 Å². The Morgan fingerprint density at radius 3 is 2.34 bits per heavy atom. The van der Waals surface area contributed by atoms with Crippen LogP contribution < -0.4 is 0 Å². The summed E-state index contributed by atoms with van der Waals surface area (Å²) in [6, 6.07) is 0. The van der Waals surface area contributed by atoms with Gasteiger partial charge in [-0.2, -0.15) is 0 Å². The van der Waals surface area contributed by atoms with E-state index in [9.17, 15) is 20.1 Å². The van der Waals surface area contributed by atoms with E-state index in [1.165, 1.54) is 25.7 Å². The number of carbonyl (C=O) groups excluding carboxylic acids is 1. The van der Waals surface area contributed by atoms with Gasteiger partial charge in [0, 0.05) is 6.42 Å². The summed E-state index contributed by atoms with van der Waals surface area (Å²) in [4.78, 5) is 11.5. The van der Waals surface area contributed by atoms with E-state index >= 15 is 0 Å². The SMILES string of the molecule is CCCCCCCC(O)CC[C@H]1C(O)CC(O)C1C/C=C\CCCCCC(=O)OC(C)C. The van der Waals surface area contributed by atoms with Gasteiger partial charge in [-0.15, -0.1) is 0 Å². The van der Waals surface area contributed by atoms with E-state index in [0.29, 0.717) is 19.3 Å². The molecule has 0 bridgehead atoms. The van der Waals surface area contributed by atoms with Gasteiger partial charge in [0.2, 0.25) is 0 Å². The molecule has 0 aromatic rings. The highest BCUT2D eigenvalue weighted by Gasteiger charge is 2.40. The second-order valence-corrected chi connectivity index (χ2v) is 9.98. The molecule has 0 saturated heterocycles. The molecule has 32 heavy (non-hydrogen) atoms. The normalized spacial score (nSPS) is 24.5. The summed E-state index contributed by atoms with van der Waals surface area (Å²) < 4.78 is 5.14. The molecular weight excluding hydrogens is 404 g/mol. The predicted molar refractivity (Wildman–Crippen MR) is 130 cm³/mol. The Balaban J connectivity index is 2.23. The summed E-state index contributed by atoms with van der Waals surface area (Å²) >= 11 is 0.